The Morgan fingerprint density at radius 2 is 2.27 bits per heavy atom. The number of carbonyl (C=O) groups excluding carboxylic acids is 1. The molecular formula is C13H20O2. The molecule has 15 heavy (non-hydrogen) atoms. The van der Waals surface area contributed by atoms with E-state index in [-0.39, 0.29) is 11.4 Å². The van der Waals surface area contributed by atoms with Crippen LogP contribution in [0.4, 0.5) is 0 Å². The van der Waals surface area contributed by atoms with Crippen molar-refractivity contribution in [2.24, 2.45) is 17.3 Å². The number of hydrogen-bond donors (Lipinski definition) is 0. The second kappa shape index (κ2) is 3.66. The Balaban J connectivity index is 2.18. The first-order valence-electron chi connectivity index (χ1n) is 5.94. The molecular weight excluding hydrogens is 188 g/mol. The Labute approximate surface area is 91.7 Å². The van der Waals surface area contributed by atoms with E-state index in [1.165, 1.54) is 24.8 Å². The van der Waals surface area contributed by atoms with E-state index in [1.54, 1.807) is 6.08 Å². The van der Waals surface area contributed by atoms with Gasteiger partial charge in [0.1, 0.15) is 0 Å². The fraction of sp³-hybridized carbons (Fsp3) is 0.769. The van der Waals surface area contributed by atoms with Gasteiger partial charge in [-0.05, 0) is 43.4 Å². The fourth-order valence-electron chi connectivity index (χ4n) is 3.30. The summed E-state index contributed by atoms with van der Waals surface area (Å²) < 4.78 is 4.99. The van der Waals surface area contributed by atoms with Crippen molar-refractivity contribution in [2.45, 2.75) is 40.0 Å². The van der Waals surface area contributed by atoms with Crippen LogP contribution in [0.25, 0.3) is 0 Å². The normalized spacial score (nSPS) is 34.7. The average Bonchev–Trinajstić information content (AvgIpc) is 2.69. The van der Waals surface area contributed by atoms with Gasteiger partial charge in [0.2, 0.25) is 0 Å². The van der Waals surface area contributed by atoms with Gasteiger partial charge in [0.05, 0.1) is 6.61 Å². The number of esters is 1. The van der Waals surface area contributed by atoms with Crippen LogP contribution >= 0.6 is 0 Å². The highest BCUT2D eigenvalue weighted by Gasteiger charge is 2.48. The van der Waals surface area contributed by atoms with Gasteiger partial charge in [0.15, 0.2) is 0 Å². The monoisotopic (exact) mass is 208 g/mol. The fourth-order valence-corrected chi connectivity index (χ4v) is 3.30. The SMILES string of the molecule is CCOC(=O)/C=C1\[C@H]2CC[C@H](C2)C1(C)C. The largest absolute Gasteiger partial charge is 0.463 e. The summed E-state index contributed by atoms with van der Waals surface area (Å²) in [6.45, 7) is 6.85. The van der Waals surface area contributed by atoms with E-state index >= 15 is 0 Å². The highest BCUT2D eigenvalue weighted by Crippen LogP contribution is 2.58. The molecule has 2 rings (SSSR count). The molecule has 0 saturated heterocycles. The van der Waals surface area contributed by atoms with Gasteiger partial charge in [-0.25, -0.2) is 4.79 Å². The lowest BCUT2D eigenvalue weighted by atomic mass is 9.72. The Morgan fingerprint density at radius 3 is 2.80 bits per heavy atom. The summed E-state index contributed by atoms with van der Waals surface area (Å²) in [5.74, 6) is 1.27. The summed E-state index contributed by atoms with van der Waals surface area (Å²) >= 11 is 0. The van der Waals surface area contributed by atoms with Crippen molar-refractivity contribution in [3.8, 4) is 0 Å². The predicted octanol–water partition coefficient (Wildman–Crippen LogP) is 2.93. The van der Waals surface area contributed by atoms with Crippen molar-refractivity contribution < 1.29 is 9.53 Å². The highest BCUT2D eigenvalue weighted by molar-refractivity contribution is 5.83. The van der Waals surface area contributed by atoms with Crippen LogP contribution in [0.5, 0.6) is 0 Å². The third-order valence-electron chi connectivity index (χ3n) is 4.20. The van der Waals surface area contributed by atoms with E-state index in [2.05, 4.69) is 13.8 Å². The summed E-state index contributed by atoms with van der Waals surface area (Å²) in [4.78, 5) is 11.5. The Kier molecular flexibility index (Phi) is 2.61. The molecule has 2 bridgehead atoms. The maximum absolute atomic E-state index is 11.5. The molecule has 0 aliphatic heterocycles. The molecule has 0 unspecified atom stereocenters. The molecule has 2 aliphatic rings. The number of carbonyl (C=O) groups is 1. The van der Waals surface area contributed by atoms with Crippen molar-refractivity contribution in [3.05, 3.63) is 11.6 Å². The third kappa shape index (κ3) is 1.70. The summed E-state index contributed by atoms with van der Waals surface area (Å²) in [6, 6.07) is 0. The summed E-state index contributed by atoms with van der Waals surface area (Å²) in [6.07, 6.45) is 5.63. The van der Waals surface area contributed by atoms with E-state index in [0.717, 1.165) is 5.92 Å². The number of hydrogen-bond acceptors (Lipinski definition) is 2. The Bertz CT molecular complexity index is 302. The molecule has 0 spiro atoms. The molecule has 0 N–H and O–H groups in total. The molecule has 84 valence electrons. The average molecular weight is 208 g/mol. The van der Waals surface area contributed by atoms with E-state index in [0.29, 0.717) is 12.5 Å². The van der Waals surface area contributed by atoms with E-state index in [4.69, 9.17) is 4.74 Å². The van der Waals surface area contributed by atoms with Gasteiger partial charge in [-0.3, -0.25) is 0 Å². The van der Waals surface area contributed by atoms with Crippen LogP contribution in [0.15, 0.2) is 11.6 Å². The minimum absolute atomic E-state index is 0.159. The molecule has 2 heteroatoms. The molecule has 0 aromatic heterocycles. The van der Waals surface area contributed by atoms with Gasteiger partial charge in [-0.15, -0.1) is 0 Å². The van der Waals surface area contributed by atoms with Gasteiger partial charge in [0.25, 0.3) is 0 Å². The van der Waals surface area contributed by atoms with E-state index in [1.807, 2.05) is 6.92 Å². The predicted molar refractivity (Wildman–Crippen MR) is 59.3 cm³/mol. The van der Waals surface area contributed by atoms with Crippen LogP contribution in [0.3, 0.4) is 0 Å². The number of rotatable bonds is 2. The van der Waals surface area contributed by atoms with Crippen molar-refractivity contribution in [2.75, 3.05) is 6.61 Å². The zero-order valence-corrected chi connectivity index (χ0v) is 9.88. The molecule has 2 fully saturated rings. The van der Waals surface area contributed by atoms with Crippen LogP contribution in [0.1, 0.15) is 40.0 Å². The first-order chi connectivity index (χ1) is 7.05. The molecule has 2 aliphatic carbocycles. The van der Waals surface area contributed by atoms with Gasteiger partial charge < -0.3 is 4.74 Å². The van der Waals surface area contributed by atoms with E-state index < -0.39 is 0 Å². The van der Waals surface area contributed by atoms with Crippen molar-refractivity contribution >= 4 is 5.97 Å². The maximum Gasteiger partial charge on any atom is 0.330 e. The summed E-state index contributed by atoms with van der Waals surface area (Å²) in [7, 11) is 0. The minimum atomic E-state index is -0.159. The van der Waals surface area contributed by atoms with Crippen LogP contribution in [-0.4, -0.2) is 12.6 Å². The lowest BCUT2D eigenvalue weighted by Crippen LogP contribution is -2.23. The first kappa shape index (κ1) is 10.7. The number of ether oxygens (including phenoxy) is 1. The Hall–Kier alpha value is -0.790. The van der Waals surface area contributed by atoms with Gasteiger partial charge >= 0.3 is 5.97 Å². The Morgan fingerprint density at radius 1 is 1.53 bits per heavy atom. The molecule has 0 radical (unpaired) electrons. The third-order valence-corrected chi connectivity index (χ3v) is 4.20. The van der Waals surface area contributed by atoms with Crippen molar-refractivity contribution in [1.82, 2.24) is 0 Å². The molecule has 0 heterocycles. The van der Waals surface area contributed by atoms with Crippen LogP contribution < -0.4 is 0 Å². The van der Waals surface area contributed by atoms with Crippen molar-refractivity contribution in [3.63, 3.8) is 0 Å². The second-order valence-corrected chi connectivity index (χ2v) is 5.28. The lowest BCUT2D eigenvalue weighted by Gasteiger charge is -2.32. The van der Waals surface area contributed by atoms with Crippen LogP contribution in [0.2, 0.25) is 0 Å². The number of allylic oxidation sites excluding steroid dienone is 1. The number of fused-ring (bicyclic) bond motifs is 2. The quantitative estimate of drug-likeness (QED) is 0.515. The van der Waals surface area contributed by atoms with Gasteiger partial charge in [-0.1, -0.05) is 19.4 Å². The van der Waals surface area contributed by atoms with Crippen molar-refractivity contribution in [1.29, 1.82) is 0 Å². The maximum atomic E-state index is 11.5. The molecule has 2 nitrogen and oxygen atoms in total. The molecule has 2 atom stereocenters. The zero-order chi connectivity index (χ0) is 11.1. The second-order valence-electron chi connectivity index (χ2n) is 5.28. The highest BCUT2D eigenvalue weighted by atomic mass is 16.5. The molecule has 0 amide bonds. The van der Waals surface area contributed by atoms with E-state index in [9.17, 15) is 4.79 Å². The smallest absolute Gasteiger partial charge is 0.330 e. The topological polar surface area (TPSA) is 26.3 Å². The molecule has 0 aromatic carbocycles. The minimum Gasteiger partial charge on any atom is -0.463 e. The van der Waals surface area contributed by atoms with Crippen LogP contribution in [-0.2, 0) is 9.53 Å². The lowest BCUT2D eigenvalue weighted by molar-refractivity contribution is -0.137. The van der Waals surface area contributed by atoms with Gasteiger partial charge in [-0.2, -0.15) is 0 Å². The molecule has 2 saturated carbocycles. The zero-order valence-electron chi connectivity index (χ0n) is 9.88. The van der Waals surface area contributed by atoms with Gasteiger partial charge in [0, 0.05) is 6.08 Å². The summed E-state index contributed by atoms with van der Waals surface area (Å²) in [5, 5.41) is 0. The van der Waals surface area contributed by atoms with Crippen LogP contribution in [0, 0.1) is 17.3 Å². The summed E-state index contributed by atoms with van der Waals surface area (Å²) in [5.41, 5.74) is 1.55. The molecule has 0 aromatic rings. The first-order valence-corrected chi connectivity index (χ1v) is 5.94. The standard InChI is InChI=1S/C13H20O2/c1-4-15-12(14)8-11-9-5-6-10(7-9)13(11,2)3/h8-10H,4-7H2,1-3H3/b11-8+/t9-,10+/m0/s1.